The molecule has 2 amide bonds. The molecule has 0 aromatic carbocycles. The Labute approximate surface area is 120 Å². The van der Waals surface area contributed by atoms with Gasteiger partial charge in [0.1, 0.15) is 5.15 Å². The first-order valence-electron chi connectivity index (χ1n) is 5.88. The first-order chi connectivity index (χ1) is 8.99. The van der Waals surface area contributed by atoms with Crippen molar-refractivity contribution in [1.29, 1.82) is 0 Å². The van der Waals surface area contributed by atoms with E-state index in [2.05, 4.69) is 4.98 Å². The molecule has 1 aliphatic rings. The maximum Gasteiger partial charge on any atom is 0.255 e. The molecule has 1 aromatic heterocycles. The van der Waals surface area contributed by atoms with Gasteiger partial charge in [-0.25, -0.2) is 4.98 Å². The van der Waals surface area contributed by atoms with Crippen molar-refractivity contribution >= 4 is 35.0 Å². The molecule has 7 heteroatoms. The van der Waals surface area contributed by atoms with Crippen LogP contribution in [0.5, 0.6) is 0 Å². The van der Waals surface area contributed by atoms with Crippen molar-refractivity contribution in [2.24, 2.45) is 11.7 Å². The molecule has 5 nitrogen and oxygen atoms in total. The molecule has 0 unspecified atom stereocenters. The van der Waals surface area contributed by atoms with E-state index in [9.17, 15) is 9.59 Å². The Hall–Kier alpha value is -1.33. The van der Waals surface area contributed by atoms with Crippen LogP contribution in [0, 0.1) is 5.92 Å². The van der Waals surface area contributed by atoms with E-state index in [1.165, 1.54) is 12.3 Å². The third-order valence-electron chi connectivity index (χ3n) is 3.24. The largest absolute Gasteiger partial charge is 0.369 e. The van der Waals surface area contributed by atoms with Crippen molar-refractivity contribution in [1.82, 2.24) is 9.88 Å². The van der Waals surface area contributed by atoms with Crippen LogP contribution in [0.3, 0.4) is 0 Å². The van der Waals surface area contributed by atoms with Crippen LogP contribution in [0.2, 0.25) is 10.2 Å². The van der Waals surface area contributed by atoms with Gasteiger partial charge in [-0.1, -0.05) is 23.2 Å². The number of pyridine rings is 1. The zero-order valence-corrected chi connectivity index (χ0v) is 11.6. The molecule has 19 heavy (non-hydrogen) atoms. The fourth-order valence-corrected chi connectivity index (χ4v) is 2.46. The normalized spacial score (nSPS) is 16.4. The lowest BCUT2D eigenvalue weighted by molar-refractivity contribution is -0.123. The lowest BCUT2D eigenvalue weighted by Gasteiger charge is -2.30. The number of piperidine rings is 1. The van der Waals surface area contributed by atoms with Crippen LogP contribution >= 0.6 is 23.2 Å². The van der Waals surface area contributed by atoms with Crippen molar-refractivity contribution in [2.45, 2.75) is 12.8 Å². The van der Waals surface area contributed by atoms with E-state index in [1.54, 1.807) is 4.90 Å². The molecule has 0 spiro atoms. The number of aromatic nitrogens is 1. The number of amides is 2. The maximum atomic E-state index is 12.3. The number of nitrogens with zero attached hydrogens (tertiary/aromatic N) is 2. The predicted molar refractivity (Wildman–Crippen MR) is 72.1 cm³/mol. The second-order valence-corrected chi connectivity index (χ2v) is 5.25. The summed E-state index contributed by atoms with van der Waals surface area (Å²) < 4.78 is 0. The molecule has 0 bridgehead atoms. The molecule has 1 saturated heterocycles. The minimum absolute atomic E-state index is 0.152. The molecule has 1 aromatic rings. The number of carbonyl (C=O) groups is 2. The van der Waals surface area contributed by atoms with Gasteiger partial charge in [0.15, 0.2) is 0 Å². The molecule has 102 valence electrons. The summed E-state index contributed by atoms with van der Waals surface area (Å²) in [4.78, 5) is 28.8. The molecule has 0 atom stereocenters. The molecule has 2 rings (SSSR count). The number of rotatable bonds is 2. The Kier molecular flexibility index (Phi) is 4.27. The molecule has 1 aliphatic heterocycles. The zero-order valence-electron chi connectivity index (χ0n) is 10.1. The summed E-state index contributed by atoms with van der Waals surface area (Å²) in [6.45, 7) is 0.978. The van der Waals surface area contributed by atoms with E-state index in [-0.39, 0.29) is 27.9 Å². The van der Waals surface area contributed by atoms with Gasteiger partial charge < -0.3 is 10.6 Å². The Morgan fingerprint density at radius 2 is 1.95 bits per heavy atom. The number of carbonyl (C=O) groups excluding carboxylic acids is 2. The molecule has 2 N–H and O–H groups in total. The lowest BCUT2D eigenvalue weighted by Crippen LogP contribution is -2.41. The average Bonchev–Trinajstić information content (AvgIpc) is 2.41. The van der Waals surface area contributed by atoms with Gasteiger partial charge in [-0.2, -0.15) is 0 Å². The Balaban J connectivity index is 2.09. The molecule has 0 saturated carbocycles. The van der Waals surface area contributed by atoms with Gasteiger partial charge in [0.25, 0.3) is 5.91 Å². The predicted octanol–water partition coefficient (Wildman–Crippen LogP) is 1.73. The first-order valence-corrected chi connectivity index (χ1v) is 6.64. The fraction of sp³-hybridized carbons (Fsp3) is 0.417. The summed E-state index contributed by atoms with van der Waals surface area (Å²) in [5, 5.41) is 0.492. The summed E-state index contributed by atoms with van der Waals surface area (Å²) in [5.41, 5.74) is 5.59. The van der Waals surface area contributed by atoms with Gasteiger partial charge in [-0.15, -0.1) is 0 Å². The SMILES string of the molecule is NC(=O)C1CCN(C(=O)c2cc(Cl)ncc2Cl)CC1. The first kappa shape index (κ1) is 14.1. The van der Waals surface area contributed by atoms with Crippen molar-refractivity contribution in [2.75, 3.05) is 13.1 Å². The average molecular weight is 302 g/mol. The number of likely N-dealkylation sites (tertiary alicyclic amines) is 1. The highest BCUT2D eigenvalue weighted by atomic mass is 35.5. The van der Waals surface area contributed by atoms with Gasteiger partial charge in [-0.05, 0) is 18.9 Å². The van der Waals surface area contributed by atoms with Gasteiger partial charge in [0, 0.05) is 25.2 Å². The van der Waals surface area contributed by atoms with Crippen molar-refractivity contribution in [3.63, 3.8) is 0 Å². The minimum atomic E-state index is -0.308. The smallest absolute Gasteiger partial charge is 0.255 e. The molecule has 0 radical (unpaired) electrons. The van der Waals surface area contributed by atoms with Crippen LogP contribution < -0.4 is 5.73 Å². The number of hydrogen-bond acceptors (Lipinski definition) is 3. The third-order valence-corrected chi connectivity index (χ3v) is 3.74. The van der Waals surface area contributed by atoms with Crippen LogP contribution in [0.25, 0.3) is 0 Å². The molecular formula is C12H13Cl2N3O2. The molecule has 1 fully saturated rings. The summed E-state index contributed by atoms with van der Waals surface area (Å²) >= 11 is 11.7. The molecule has 2 heterocycles. The van der Waals surface area contributed by atoms with E-state index < -0.39 is 0 Å². The minimum Gasteiger partial charge on any atom is -0.369 e. The van der Waals surface area contributed by atoms with Crippen LogP contribution in [0.15, 0.2) is 12.3 Å². The number of nitrogens with two attached hydrogens (primary N) is 1. The van der Waals surface area contributed by atoms with E-state index in [4.69, 9.17) is 28.9 Å². The summed E-state index contributed by atoms with van der Waals surface area (Å²) in [6, 6.07) is 1.45. The van der Waals surface area contributed by atoms with E-state index in [0.717, 1.165) is 0 Å². The van der Waals surface area contributed by atoms with E-state index in [1.807, 2.05) is 0 Å². The van der Waals surface area contributed by atoms with E-state index in [0.29, 0.717) is 31.5 Å². The maximum absolute atomic E-state index is 12.3. The summed E-state index contributed by atoms with van der Waals surface area (Å²) in [5.74, 6) is -0.658. The summed E-state index contributed by atoms with van der Waals surface area (Å²) in [6.07, 6.45) is 2.52. The topological polar surface area (TPSA) is 76.3 Å². The third kappa shape index (κ3) is 3.16. The van der Waals surface area contributed by atoms with E-state index >= 15 is 0 Å². The number of primary amides is 1. The standard InChI is InChI=1S/C12H13Cl2N3O2/c13-9-6-16-10(14)5-8(9)12(19)17-3-1-7(2-4-17)11(15)18/h5-7H,1-4H2,(H2,15,18). The highest BCUT2D eigenvalue weighted by Gasteiger charge is 2.27. The summed E-state index contributed by atoms with van der Waals surface area (Å²) in [7, 11) is 0. The quantitative estimate of drug-likeness (QED) is 0.845. The van der Waals surface area contributed by atoms with Gasteiger partial charge in [-0.3, -0.25) is 9.59 Å². The number of halogens is 2. The van der Waals surface area contributed by atoms with Crippen LogP contribution in [-0.2, 0) is 4.79 Å². The monoisotopic (exact) mass is 301 g/mol. The second kappa shape index (κ2) is 5.75. The highest BCUT2D eigenvalue weighted by molar-refractivity contribution is 6.35. The van der Waals surface area contributed by atoms with Crippen molar-refractivity contribution < 1.29 is 9.59 Å². The molecule has 0 aliphatic carbocycles. The van der Waals surface area contributed by atoms with Crippen LogP contribution in [0.4, 0.5) is 0 Å². The van der Waals surface area contributed by atoms with Crippen LogP contribution in [0.1, 0.15) is 23.2 Å². The lowest BCUT2D eigenvalue weighted by atomic mass is 9.96. The van der Waals surface area contributed by atoms with Gasteiger partial charge >= 0.3 is 0 Å². The fourth-order valence-electron chi connectivity index (χ4n) is 2.11. The Bertz CT molecular complexity index is 514. The Morgan fingerprint density at radius 1 is 1.32 bits per heavy atom. The highest BCUT2D eigenvalue weighted by Crippen LogP contribution is 2.23. The Morgan fingerprint density at radius 3 is 2.53 bits per heavy atom. The second-order valence-electron chi connectivity index (χ2n) is 4.46. The zero-order chi connectivity index (χ0) is 14.0. The molecular weight excluding hydrogens is 289 g/mol. The van der Waals surface area contributed by atoms with Gasteiger partial charge in [0.2, 0.25) is 5.91 Å². The van der Waals surface area contributed by atoms with Crippen LogP contribution in [-0.4, -0.2) is 34.8 Å². The van der Waals surface area contributed by atoms with Gasteiger partial charge in [0.05, 0.1) is 10.6 Å². The number of hydrogen-bond donors (Lipinski definition) is 1. The van der Waals surface area contributed by atoms with Crippen molar-refractivity contribution in [3.8, 4) is 0 Å². The van der Waals surface area contributed by atoms with Crippen molar-refractivity contribution in [3.05, 3.63) is 28.0 Å².